The van der Waals surface area contributed by atoms with Gasteiger partial charge in [-0.2, -0.15) is 0 Å². The fourth-order valence-electron chi connectivity index (χ4n) is 3.51. The highest BCUT2D eigenvalue weighted by atomic mass is 16.5. The topological polar surface area (TPSA) is 104 Å². The molecule has 0 amide bonds. The van der Waals surface area contributed by atoms with Crippen molar-refractivity contribution in [3.63, 3.8) is 0 Å². The summed E-state index contributed by atoms with van der Waals surface area (Å²) in [5.41, 5.74) is 0.239. The zero-order valence-corrected chi connectivity index (χ0v) is 14.0. The molecule has 0 heterocycles. The SMILES string of the molecule is COc1cc(C)cc2c1C(=O)c1c(c(O)c3cccc(O)c3c1O)C2=O. The molecule has 0 saturated carbocycles. The number of hydrogen-bond donors (Lipinski definition) is 3. The lowest BCUT2D eigenvalue weighted by Gasteiger charge is -2.23. The highest BCUT2D eigenvalue weighted by Gasteiger charge is 2.38. The standard InChI is InChI=1S/C20H14O6/c1-8-6-10-14(12(7-8)26-2)20(25)16-15(18(10)23)17(22)9-4-3-5-11(21)13(9)19(16)24/h3-7,21-22,24H,1-2H3. The molecule has 0 bridgehead atoms. The van der Waals surface area contributed by atoms with Crippen LogP contribution in [0.15, 0.2) is 30.3 Å². The first-order chi connectivity index (χ1) is 12.4. The molecule has 3 aromatic rings. The third kappa shape index (κ3) is 1.86. The van der Waals surface area contributed by atoms with E-state index in [0.717, 1.165) is 0 Å². The van der Waals surface area contributed by atoms with Crippen LogP contribution >= 0.6 is 0 Å². The van der Waals surface area contributed by atoms with Gasteiger partial charge in [0.2, 0.25) is 5.78 Å². The minimum absolute atomic E-state index is 0.0278. The molecule has 0 spiro atoms. The number of rotatable bonds is 1. The molecule has 0 aromatic heterocycles. The lowest BCUT2D eigenvalue weighted by molar-refractivity contribution is 0.0972. The molecule has 130 valence electrons. The number of ether oxygens (including phenoxy) is 1. The predicted octanol–water partition coefficient (Wildman–Crippen LogP) is 3.05. The van der Waals surface area contributed by atoms with Crippen LogP contribution in [0.25, 0.3) is 10.8 Å². The fraction of sp³-hybridized carbons (Fsp3) is 0.100. The molecule has 1 aliphatic rings. The maximum Gasteiger partial charge on any atom is 0.202 e. The Morgan fingerprint density at radius 3 is 2.27 bits per heavy atom. The number of fused-ring (bicyclic) bond motifs is 3. The number of phenols is 3. The van der Waals surface area contributed by atoms with E-state index in [1.807, 2.05) is 0 Å². The molecule has 6 heteroatoms. The molecule has 0 aliphatic heterocycles. The molecule has 0 saturated heterocycles. The zero-order chi connectivity index (χ0) is 18.7. The van der Waals surface area contributed by atoms with Crippen molar-refractivity contribution in [1.29, 1.82) is 0 Å². The number of carbonyl (C=O) groups is 2. The van der Waals surface area contributed by atoms with Crippen molar-refractivity contribution >= 4 is 22.3 Å². The smallest absolute Gasteiger partial charge is 0.202 e. The molecule has 4 rings (SSSR count). The lowest BCUT2D eigenvalue weighted by atomic mass is 9.80. The Bertz CT molecular complexity index is 1140. The third-order valence-electron chi connectivity index (χ3n) is 4.65. The summed E-state index contributed by atoms with van der Waals surface area (Å²) in [7, 11) is 1.38. The summed E-state index contributed by atoms with van der Waals surface area (Å²) in [6, 6.07) is 7.41. The van der Waals surface area contributed by atoms with Gasteiger partial charge in [0.15, 0.2) is 5.78 Å². The van der Waals surface area contributed by atoms with Crippen LogP contribution in [0.3, 0.4) is 0 Å². The van der Waals surface area contributed by atoms with Crippen molar-refractivity contribution in [1.82, 2.24) is 0 Å². The second kappa shape index (κ2) is 5.23. The van der Waals surface area contributed by atoms with Gasteiger partial charge in [0.25, 0.3) is 0 Å². The van der Waals surface area contributed by atoms with Crippen LogP contribution in [0.2, 0.25) is 0 Å². The Kier molecular flexibility index (Phi) is 3.21. The van der Waals surface area contributed by atoms with Crippen LogP contribution < -0.4 is 4.74 Å². The van der Waals surface area contributed by atoms with Gasteiger partial charge >= 0.3 is 0 Å². The van der Waals surface area contributed by atoms with Crippen LogP contribution in [0.1, 0.15) is 37.4 Å². The molecule has 26 heavy (non-hydrogen) atoms. The van der Waals surface area contributed by atoms with Gasteiger partial charge < -0.3 is 20.1 Å². The monoisotopic (exact) mass is 350 g/mol. The summed E-state index contributed by atoms with van der Waals surface area (Å²) in [6.45, 7) is 1.76. The second-order valence-corrected chi connectivity index (χ2v) is 6.19. The molecular formula is C20H14O6. The molecular weight excluding hydrogens is 336 g/mol. The molecule has 0 fully saturated rings. The Labute approximate surface area is 147 Å². The second-order valence-electron chi connectivity index (χ2n) is 6.19. The number of methoxy groups -OCH3 is 1. The highest BCUT2D eigenvalue weighted by Crippen LogP contribution is 2.48. The maximum atomic E-state index is 13.1. The van der Waals surface area contributed by atoms with Crippen LogP contribution in [0.5, 0.6) is 23.0 Å². The maximum absolute atomic E-state index is 13.1. The Morgan fingerprint density at radius 2 is 1.58 bits per heavy atom. The molecule has 1 aliphatic carbocycles. The van der Waals surface area contributed by atoms with E-state index in [4.69, 9.17) is 4.74 Å². The van der Waals surface area contributed by atoms with Crippen molar-refractivity contribution < 1.29 is 29.6 Å². The van der Waals surface area contributed by atoms with Gasteiger partial charge in [-0.25, -0.2) is 0 Å². The molecule has 0 radical (unpaired) electrons. The van der Waals surface area contributed by atoms with Crippen LogP contribution in [0.4, 0.5) is 0 Å². The summed E-state index contributed by atoms with van der Waals surface area (Å²) in [4.78, 5) is 26.1. The van der Waals surface area contributed by atoms with E-state index >= 15 is 0 Å². The quantitative estimate of drug-likeness (QED) is 0.456. The van der Waals surface area contributed by atoms with Crippen molar-refractivity contribution in [3.05, 3.63) is 58.1 Å². The third-order valence-corrected chi connectivity index (χ3v) is 4.65. The molecule has 0 atom stereocenters. The van der Waals surface area contributed by atoms with E-state index in [2.05, 4.69) is 0 Å². The van der Waals surface area contributed by atoms with Gasteiger partial charge in [0.1, 0.15) is 23.0 Å². The average Bonchev–Trinajstić information content (AvgIpc) is 2.61. The van der Waals surface area contributed by atoms with Crippen LogP contribution in [-0.4, -0.2) is 34.0 Å². The number of ketones is 2. The van der Waals surface area contributed by atoms with E-state index in [-0.39, 0.29) is 44.5 Å². The van der Waals surface area contributed by atoms with E-state index in [0.29, 0.717) is 5.56 Å². The van der Waals surface area contributed by atoms with Crippen molar-refractivity contribution in [3.8, 4) is 23.0 Å². The van der Waals surface area contributed by atoms with Gasteiger partial charge in [-0.3, -0.25) is 9.59 Å². The van der Waals surface area contributed by atoms with Crippen LogP contribution in [0, 0.1) is 6.92 Å². The number of aromatic hydroxyl groups is 3. The summed E-state index contributed by atoms with van der Waals surface area (Å²) >= 11 is 0. The summed E-state index contributed by atoms with van der Waals surface area (Å²) in [6.07, 6.45) is 0. The van der Waals surface area contributed by atoms with Crippen molar-refractivity contribution in [2.75, 3.05) is 7.11 Å². The van der Waals surface area contributed by atoms with Gasteiger partial charge in [0, 0.05) is 10.9 Å². The Balaban J connectivity index is 2.18. The van der Waals surface area contributed by atoms with Crippen LogP contribution in [-0.2, 0) is 0 Å². The van der Waals surface area contributed by atoms with E-state index < -0.39 is 23.1 Å². The normalized spacial score (nSPS) is 12.8. The average molecular weight is 350 g/mol. The first-order valence-corrected chi connectivity index (χ1v) is 7.84. The van der Waals surface area contributed by atoms with E-state index in [1.165, 1.54) is 25.3 Å². The van der Waals surface area contributed by atoms with Gasteiger partial charge in [-0.1, -0.05) is 12.1 Å². The van der Waals surface area contributed by atoms with Gasteiger partial charge in [-0.05, 0) is 30.7 Å². The number of hydrogen-bond acceptors (Lipinski definition) is 6. The Hall–Kier alpha value is -3.54. The molecule has 6 nitrogen and oxygen atoms in total. The highest BCUT2D eigenvalue weighted by molar-refractivity contribution is 6.33. The lowest BCUT2D eigenvalue weighted by Crippen LogP contribution is -2.22. The fourth-order valence-corrected chi connectivity index (χ4v) is 3.51. The summed E-state index contributed by atoms with van der Waals surface area (Å²) in [5, 5.41) is 31.3. The number of phenolic OH excluding ortho intramolecular Hbond substituents is 3. The first-order valence-electron chi connectivity index (χ1n) is 7.84. The van der Waals surface area contributed by atoms with E-state index in [1.54, 1.807) is 19.1 Å². The number of aryl methyl sites for hydroxylation is 1. The number of benzene rings is 3. The number of carbonyl (C=O) groups excluding carboxylic acids is 2. The minimum Gasteiger partial charge on any atom is -0.507 e. The summed E-state index contributed by atoms with van der Waals surface area (Å²) in [5.74, 6) is -2.33. The molecule has 3 aromatic carbocycles. The molecule has 3 N–H and O–H groups in total. The first kappa shape index (κ1) is 16.0. The largest absolute Gasteiger partial charge is 0.507 e. The van der Waals surface area contributed by atoms with E-state index in [9.17, 15) is 24.9 Å². The van der Waals surface area contributed by atoms with Crippen molar-refractivity contribution in [2.45, 2.75) is 6.92 Å². The summed E-state index contributed by atoms with van der Waals surface area (Å²) < 4.78 is 5.24. The zero-order valence-electron chi connectivity index (χ0n) is 14.0. The molecule has 0 unspecified atom stereocenters. The van der Waals surface area contributed by atoms with Gasteiger partial charge in [0.05, 0.1) is 29.2 Å². The van der Waals surface area contributed by atoms with Crippen molar-refractivity contribution in [2.24, 2.45) is 0 Å². The Morgan fingerprint density at radius 1 is 0.885 bits per heavy atom. The predicted molar refractivity (Wildman–Crippen MR) is 93.5 cm³/mol. The minimum atomic E-state index is -0.649. The van der Waals surface area contributed by atoms with Gasteiger partial charge in [-0.15, -0.1) is 0 Å².